The Labute approximate surface area is 159 Å². The Morgan fingerprint density at radius 2 is 1.92 bits per heavy atom. The topological polar surface area (TPSA) is 56.8 Å². The van der Waals surface area contributed by atoms with Gasteiger partial charge in [-0.3, -0.25) is 0 Å². The first-order valence-corrected chi connectivity index (χ1v) is 11.3. The van der Waals surface area contributed by atoms with Gasteiger partial charge in [-0.2, -0.15) is 4.31 Å². The van der Waals surface area contributed by atoms with Gasteiger partial charge in [-0.25, -0.2) is 13.4 Å². The molecule has 0 bridgehead atoms. The van der Waals surface area contributed by atoms with E-state index in [0.717, 1.165) is 38.3 Å². The fourth-order valence-corrected chi connectivity index (χ4v) is 5.93. The number of thiophene rings is 1. The molecule has 0 amide bonds. The number of anilines is 1. The largest absolute Gasteiger partial charge is 0.349 e. The van der Waals surface area contributed by atoms with E-state index in [1.165, 1.54) is 11.1 Å². The van der Waals surface area contributed by atoms with E-state index in [9.17, 15) is 8.42 Å². The van der Waals surface area contributed by atoms with Gasteiger partial charge in [0.2, 0.25) is 10.0 Å². The summed E-state index contributed by atoms with van der Waals surface area (Å²) in [5.74, 6) is 0.859. The van der Waals surface area contributed by atoms with Crippen LogP contribution in [0, 0.1) is 0 Å². The van der Waals surface area contributed by atoms with Crippen molar-refractivity contribution in [2.45, 2.75) is 23.8 Å². The molecule has 0 aromatic carbocycles. The number of likely N-dealkylation sites (N-methyl/N-ethyl adjacent to an activating group) is 1. The molecule has 2 aliphatic heterocycles. The lowest BCUT2D eigenvalue weighted by Crippen LogP contribution is -2.47. The number of nitrogens with zero attached hydrogens (tertiary/aromatic N) is 4. The third kappa shape index (κ3) is 3.38. The van der Waals surface area contributed by atoms with Gasteiger partial charge in [0.1, 0.15) is 10.7 Å². The summed E-state index contributed by atoms with van der Waals surface area (Å²) in [6, 6.07) is 8.16. The first-order chi connectivity index (χ1) is 12.6. The zero-order chi connectivity index (χ0) is 18.1. The first-order valence-electron chi connectivity index (χ1n) is 9.00. The standard InChI is InChI=1S/C18H24N4O2S2/c1-20-9-11-21(12-10-20)26(23,24)15-6-7-18(19-14-15)22-8-2-4-16(22)17-5-3-13-25-17/h3,5-7,13-14,16H,2,4,8-12H2,1H3. The highest BCUT2D eigenvalue weighted by molar-refractivity contribution is 7.89. The number of hydrogen-bond acceptors (Lipinski definition) is 6. The molecule has 1 atom stereocenters. The summed E-state index contributed by atoms with van der Waals surface area (Å²) in [7, 11) is -1.44. The molecule has 2 saturated heterocycles. The van der Waals surface area contributed by atoms with Crippen LogP contribution >= 0.6 is 11.3 Å². The third-order valence-corrected chi connectivity index (χ3v) is 8.10. The number of aromatic nitrogens is 1. The Kier molecular flexibility index (Phi) is 5.00. The van der Waals surface area contributed by atoms with Crippen LogP contribution in [-0.4, -0.2) is 62.4 Å². The second-order valence-corrected chi connectivity index (χ2v) is 9.84. The number of hydrogen-bond donors (Lipinski definition) is 0. The van der Waals surface area contributed by atoms with E-state index in [0.29, 0.717) is 19.1 Å². The Hall–Kier alpha value is -1.48. The van der Waals surface area contributed by atoms with Crippen LogP contribution in [-0.2, 0) is 10.0 Å². The number of pyridine rings is 1. The maximum absolute atomic E-state index is 12.8. The molecule has 2 aliphatic rings. The summed E-state index contributed by atoms with van der Waals surface area (Å²) >= 11 is 1.77. The van der Waals surface area contributed by atoms with Crippen LogP contribution in [0.15, 0.2) is 40.7 Å². The van der Waals surface area contributed by atoms with E-state index in [1.54, 1.807) is 21.7 Å². The van der Waals surface area contributed by atoms with Gasteiger partial charge in [-0.1, -0.05) is 6.07 Å². The minimum absolute atomic E-state index is 0.290. The number of sulfonamides is 1. The van der Waals surface area contributed by atoms with E-state index in [1.807, 2.05) is 13.1 Å². The van der Waals surface area contributed by atoms with Gasteiger partial charge in [-0.15, -0.1) is 11.3 Å². The average Bonchev–Trinajstić information content (AvgIpc) is 3.33. The lowest BCUT2D eigenvalue weighted by Gasteiger charge is -2.31. The molecule has 140 valence electrons. The zero-order valence-corrected chi connectivity index (χ0v) is 16.5. The van der Waals surface area contributed by atoms with Crippen LogP contribution in [0.25, 0.3) is 0 Å². The zero-order valence-electron chi connectivity index (χ0n) is 14.9. The predicted molar refractivity (Wildman–Crippen MR) is 104 cm³/mol. The molecule has 26 heavy (non-hydrogen) atoms. The average molecular weight is 393 g/mol. The molecular weight excluding hydrogens is 368 g/mol. The SMILES string of the molecule is CN1CCN(S(=O)(=O)c2ccc(N3CCCC3c3cccs3)nc2)CC1. The molecule has 8 heteroatoms. The summed E-state index contributed by atoms with van der Waals surface area (Å²) in [5.41, 5.74) is 0. The first kappa shape index (κ1) is 17.9. The summed E-state index contributed by atoms with van der Waals surface area (Å²) in [5, 5.41) is 2.10. The molecule has 0 aliphatic carbocycles. The Balaban J connectivity index is 1.53. The predicted octanol–water partition coefficient (Wildman–Crippen LogP) is 2.42. The van der Waals surface area contributed by atoms with Crippen LogP contribution < -0.4 is 4.90 Å². The van der Waals surface area contributed by atoms with Gasteiger partial charge in [-0.05, 0) is 43.5 Å². The van der Waals surface area contributed by atoms with Crippen molar-refractivity contribution in [1.29, 1.82) is 0 Å². The van der Waals surface area contributed by atoms with Gasteiger partial charge < -0.3 is 9.80 Å². The second kappa shape index (κ2) is 7.26. The summed E-state index contributed by atoms with van der Waals surface area (Å²) in [6.07, 6.45) is 3.77. The third-order valence-electron chi connectivity index (χ3n) is 5.24. The van der Waals surface area contributed by atoms with E-state index >= 15 is 0 Å². The molecule has 0 spiro atoms. The van der Waals surface area contributed by atoms with Gasteiger partial charge >= 0.3 is 0 Å². The molecule has 0 saturated carbocycles. The van der Waals surface area contributed by atoms with Gasteiger partial charge in [0.05, 0.1) is 6.04 Å². The van der Waals surface area contributed by atoms with Gasteiger partial charge in [0.25, 0.3) is 0 Å². The van der Waals surface area contributed by atoms with Crippen molar-refractivity contribution < 1.29 is 8.42 Å². The maximum Gasteiger partial charge on any atom is 0.244 e. The molecule has 2 aromatic heterocycles. The molecule has 4 rings (SSSR count). The van der Waals surface area contributed by atoms with Crippen LogP contribution in [0.1, 0.15) is 23.8 Å². The summed E-state index contributed by atoms with van der Waals surface area (Å²) < 4.78 is 27.2. The van der Waals surface area contributed by atoms with E-state index < -0.39 is 10.0 Å². The molecule has 6 nitrogen and oxygen atoms in total. The number of rotatable bonds is 4. The second-order valence-electron chi connectivity index (χ2n) is 6.93. The monoisotopic (exact) mass is 392 g/mol. The molecule has 1 unspecified atom stereocenters. The van der Waals surface area contributed by atoms with E-state index in [-0.39, 0.29) is 4.90 Å². The van der Waals surface area contributed by atoms with E-state index in [4.69, 9.17) is 0 Å². The summed E-state index contributed by atoms with van der Waals surface area (Å²) in [6.45, 7) is 3.56. The van der Waals surface area contributed by atoms with Crippen molar-refractivity contribution in [3.8, 4) is 0 Å². The van der Waals surface area contributed by atoms with Crippen LogP contribution in [0.2, 0.25) is 0 Å². The fourth-order valence-electron chi connectivity index (χ4n) is 3.69. The maximum atomic E-state index is 12.8. The molecule has 2 fully saturated rings. The highest BCUT2D eigenvalue weighted by Crippen LogP contribution is 2.37. The Morgan fingerprint density at radius 3 is 2.58 bits per heavy atom. The van der Waals surface area contributed by atoms with Crippen molar-refractivity contribution >= 4 is 27.2 Å². The molecule has 0 radical (unpaired) electrons. The van der Waals surface area contributed by atoms with Crippen LogP contribution in [0.3, 0.4) is 0 Å². The van der Waals surface area contributed by atoms with Crippen LogP contribution in [0.4, 0.5) is 5.82 Å². The van der Waals surface area contributed by atoms with Gasteiger partial charge in [0, 0.05) is 43.8 Å². The van der Waals surface area contributed by atoms with E-state index in [2.05, 4.69) is 32.3 Å². The lowest BCUT2D eigenvalue weighted by atomic mass is 10.2. The minimum Gasteiger partial charge on any atom is -0.349 e. The number of piperazine rings is 1. The normalized spacial score (nSPS) is 22.8. The van der Waals surface area contributed by atoms with Crippen molar-refractivity contribution in [1.82, 2.24) is 14.2 Å². The van der Waals surface area contributed by atoms with Crippen LogP contribution in [0.5, 0.6) is 0 Å². The van der Waals surface area contributed by atoms with Crippen molar-refractivity contribution in [2.75, 3.05) is 44.7 Å². The smallest absolute Gasteiger partial charge is 0.244 e. The lowest BCUT2D eigenvalue weighted by molar-refractivity contribution is 0.222. The van der Waals surface area contributed by atoms with Crippen molar-refractivity contribution in [3.63, 3.8) is 0 Å². The summed E-state index contributed by atoms with van der Waals surface area (Å²) in [4.78, 5) is 10.6. The van der Waals surface area contributed by atoms with Crippen molar-refractivity contribution in [2.24, 2.45) is 0 Å². The molecule has 4 heterocycles. The quantitative estimate of drug-likeness (QED) is 0.800. The highest BCUT2D eigenvalue weighted by Gasteiger charge is 2.30. The minimum atomic E-state index is -3.45. The Morgan fingerprint density at radius 1 is 1.12 bits per heavy atom. The fraction of sp³-hybridized carbons (Fsp3) is 0.500. The highest BCUT2D eigenvalue weighted by atomic mass is 32.2. The van der Waals surface area contributed by atoms with Crippen molar-refractivity contribution in [3.05, 3.63) is 40.7 Å². The molecular formula is C18H24N4O2S2. The van der Waals surface area contributed by atoms with Gasteiger partial charge in [0.15, 0.2) is 0 Å². The molecule has 0 N–H and O–H groups in total. The Bertz CT molecular complexity index is 829. The molecule has 2 aromatic rings.